The average Bonchev–Trinajstić information content (AvgIpc) is 3.08. The van der Waals surface area contributed by atoms with E-state index >= 15 is 0 Å². The number of amides is 2. The number of fused-ring (bicyclic) bond motifs is 3. The summed E-state index contributed by atoms with van der Waals surface area (Å²) in [6.45, 7) is 0.0618. The van der Waals surface area contributed by atoms with Crippen molar-refractivity contribution < 1.29 is 33.0 Å². The van der Waals surface area contributed by atoms with Crippen LogP contribution in [0.2, 0.25) is 0 Å². The van der Waals surface area contributed by atoms with E-state index in [-0.39, 0.29) is 18.9 Å². The average molecular weight is 432 g/mol. The standard InChI is InChI=1S/C22H22F2N2O5/c1-2-18(19(27)28)26-20(29)22(23,24)12-25-21(30)31-11-17-15-9-5-3-7-13(15)14-8-4-6-10-16(14)17/h3-10,17-18H,2,11-12H2,1H3,(H,25,30)(H,26,29)(H,27,28)/t18-/m0/s1. The Kier molecular flexibility index (Phi) is 6.53. The van der Waals surface area contributed by atoms with E-state index in [1.165, 1.54) is 6.92 Å². The number of nitrogens with one attached hydrogen (secondary N) is 2. The second-order valence-corrected chi connectivity index (χ2v) is 7.16. The normalized spacial score (nSPS) is 13.6. The molecule has 0 spiro atoms. The molecule has 9 heteroatoms. The Morgan fingerprint density at radius 1 is 1.06 bits per heavy atom. The third-order valence-electron chi connectivity index (χ3n) is 5.14. The Hall–Kier alpha value is -3.49. The summed E-state index contributed by atoms with van der Waals surface area (Å²) in [4.78, 5) is 34.6. The Bertz CT molecular complexity index is 950. The van der Waals surface area contributed by atoms with Gasteiger partial charge in [0.05, 0.1) is 6.54 Å². The lowest BCUT2D eigenvalue weighted by Crippen LogP contribution is -2.52. The molecule has 2 amide bonds. The van der Waals surface area contributed by atoms with Gasteiger partial charge in [-0.15, -0.1) is 0 Å². The Morgan fingerprint density at radius 3 is 2.13 bits per heavy atom. The second kappa shape index (κ2) is 9.11. The van der Waals surface area contributed by atoms with Crippen LogP contribution in [0.4, 0.5) is 13.6 Å². The number of hydrogen-bond donors (Lipinski definition) is 3. The van der Waals surface area contributed by atoms with Gasteiger partial charge in [-0.2, -0.15) is 8.78 Å². The van der Waals surface area contributed by atoms with Gasteiger partial charge in [-0.1, -0.05) is 55.5 Å². The highest BCUT2D eigenvalue weighted by molar-refractivity contribution is 5.88. The van der Waals surface area contributed by atoms with Crippen molar-refractivity contribution >= 4 is 18.0 Å². The lowest BCUT2D eigenvalue weighted by atomic mass is 9.98. The molecule has 0 radical (unpaired) electrons. The van der Waals surface area contributed by atoms with Crippen molar-refractivity contribution in [2.45, 2.75) is 31.2 Å². The van der Waals surface area contributed by atoms with Crippen LogP contribution in [0.1, 0.15) is 30.4 Å². The Labute approximate surface area is 177 Å². The molecule has 1 aliphatic carbocycles. The molecular formula is C22H22F2N2O5. The van der Waals surface area contributed by atoms with Gasteiger partial charge in [0.25, 0.3) is 5.91 Å². The fraction of sp³-hybridized carbons (Fsp3) is 0.318. The minimum Gasteiger partial charge on any atom is -0.480 e. The van der Waals surface area contributed by atoms with E-state index in [1.807, 2.05) is 53.8 Å². The van der Waals surface area contributed by atoms with Crippen LogP contribution in [0.3, 0.4) is 0 Å². The lowest BCUT2D eigenvalue weighted by molar-refractivity contribution is -0.150. The van der Waals surface area contributed by atoms with Crippen molar-refractivity contribution in [1.82, 2.24) is 10.6 Å². The molecule has 2 aromatic carbocycles. The molecule has 31 heavy (non-hydrogen) atoms. The van der Waals surface area contributed by atoms with Crippen molar-refractivity contribution in [1.29, 1.82) is 0 Å². The van der Waals surface area contributed by atoms with Crippen molar-refractivity contribution in [2.24, 2.45) is 0 Å². The number of alkyl halides is 2. The summed E-state index contributed by atoms with van der Waals surface area (Å²) < 4.78 is 33.1. The van der Waals surface area contributed by atoms with E-state index in [0.29, 0.717) is 0 Å². The molecule has 3 N–H and O–H groups in total. The molecule has 0 saturated heterocycles. The number of hydrogen-bond acceptors (Lipinski definition) is 4. The fourth-order valence-corrected chi connectivity index (χ4v) is 3.52. The number of aliphatic carboxylic acids is 1. The zero-order chi connectivity index (χ0) is 22.6. The van der Waals surface area contributed by atoms with E-state index in [1.54, 1.807) is 5.32 Å². The first-order chi connectivity index (χ1) is 14.7. The Morgan fingerprint density at radius 2 is 1.61 bits per heavy atom. The van der Waals surface area contributed by atoms with Crippen LogP contribution < -0.4 is 10.6 Å². The molecule has 7 nitrogen and oxygen atoms in total. The first-order valence-electron chi connectivity index (χ1n) is 9.75. The van der Waals surface area contributed by atoms with E-state index < -0.39 is 36.5 Å². The monoisotopic (exact) mass is 432 g/mol. The van der Waals surface area contributed by atoms with Gasteiger partial charge in [-0.05, 0) is 28.7 Å². The molecule has 0 saturated carbocycles. The topological polar surface area (TPSA) is 105 Å². The van der Waals surface area contributed by atoms with Gasteiger partial charge < -0.3 is 20.5 Å². The molecule has 0 aliphatic heterocycles. The van der Waals surface area contributed by atoms with Gasteiger partial charge in [0.15, 0.2) is 0 Å². The minimum absolute atomic E-state index is 0.0586. The van der Waals surface area contributed by atoms with Crippen LogP contribution in [0, 0.1) is 0 Å². The number of carbonyl (C=O) groups is 3. The number of rotatable bonds is 8. The second-order valence-electron chi connectivity index (χ2n) is 7.16. The van der Waals surface area contributed by atoms with Gasteiger partial charge in [-0.25, -0.2) is 9.59 Å². The summed E-state index contributed by atoms with van der Waals surface area (Å²) in [6.07, 6.45) is -1.16. The zero-order valence-electron chi connectivity index (χ0n) is 16.7. The van der Waals surface area contributed by atoms with Crippen LogP contribution in [-0.4, -0.2) is 48.2 Å². The highest BCUT2D eigenvalue weighted by atomic mass is 19.3. The van der Waals surface area contributed by atoms with Crippen LogP contribution >= 0.6 is 0 Å². The van der Waals surface area contributed by atoms with Crippen LogP contribution in [-0.2, 0) is 14.3 Å². The van der Waals surface area contributed by atoms with Gasteiger partial charge in [0.2, 0.25) is 0 Å². The number of carbonyl (C=O) groups excluding carboxylic acids is 2. The van der Waals surface area contributed by atoms with Crippen molar-refractivity contribution in [2.75, 3.05) is 13.2 Å². The first-order valence-corrected chi connectivity index (χ1v) is 9.75. The predicted molar refractivity (Wildman–Crippen MR) is 108 cm³/mol. The van der Waals surface area contributed by atoms with Crippen LogP contribution in [0.25, 0.3) is 11.1 Å². The SMILES string of the molecule is CC[C@H](NC(=O)C(F)(F)CNC(=O)OCC1c2ccccc2-c2ccccc21)C(=O)O. The summed E-state index contributed by atoms with van der Waals surface area (Å²) in [7, 11) is 0. The molecule has 0 aromatic heterocycles. The molecule has 3 rings (SSSR count). The van der Waals surface area contributed by atoms with E-state index in [2.05, 4.69) is 0 Å². The molecule has 0 bridgehead atoms. The van der Waals surface area contributed by atoms with Gasteiger partial charge >= 0.3 is 18.0 Å². The minimum atomic E-state index is -3.99. The first kappa shape index (κ1) is 22.2. The molecular weight excluding hydrogens is 410 g/mol. The summed E-state index contributed by atoms with van der Waals surface area (Å²) in [6, 6.07) is 13.9. The number of halogens is 2. The molecule has 1 atom stereocenters. The van der Waals surface area contributed by atoms with Crippen molar-refractivity contribution in [3.05, 3.63) is 59.7 Å². The number of alkyl carbamates (subject to hydrolysis) is 1. The summed E-state index contributed by atoms with van der Waals surface area (Å²) in [5.41, 5.74) is 4.00. The number of benzene rings is 2. The summed E-state index contributed by atoms with van der Waals surface area (Å²) in [5.74, 6) is -7.42. The predicted octanol–water partition coefficient (Wildman–Crippen LogP) is 3.14. The fourth-order valence-electron chi connectivity index (χ4n) is 3.52. The molecule has 164 valence electrons. The Balaban J connectivity index is 1.57. The molecule has 2 aromatic rings. The lowest BCUT2D eigenvalue weighted by Gasteiger charge is -2.20. The highest BCUT2D eigenvalue weighted by Crippen LogP contribution is 2.44. The van der Waals surface area contributed by atoms with Crippen molar-refractivity contribution in [3.63, 3.8) is 0 Å². The van der Waals surface area contributed by atoms with Gasteiger partial charge in [0, 0.05) is 5.92 Å². The maximum absolute atomic E-state index is 14.0. The smallest absolute Gasteiger partial charge is 0.407 e. The van der Waals surface area contributed by atoms with E-state index in [0.717, 1.165) is 22.3 Å². The maximum atomic E-state index is 14.0. The highest BCUT2D eigenvalue weighted by Gasteiger charge is 2.41. The van der Waals surface area contributed by atoms with E-state index in [9.17, 15) is 23.2 Å². The number of carboxylic acids is 1. The third-order valence-corrected chi connectivity index (χ3v) is 5.14. The third kappa shape index (κ3) is 4.82. The maximum Gasteiger partial charge on any atom is 0.407 e. The van der Waals surface area contributed by atoms with E-state index in [4.69, 9.17) is 9.84 Å². The van der Waals surface area contributed by atoms with Crippen LogP contribution in [0.15, 0.2) is 48.5 Å². The molecule has 0 unspecified atom stereocenters. The molecule has 0 fully saturated rings. The van der Waals surface area contributed by atoms with Crippen molar-refractivity contribution in [3.8, 4) is 11.1 Å². The molecule has 0 heterocycles. The molecule has 1 aliphatic rings. The van der Waals surface area contributed by atoms with Gasteiger partial charge in [-0.3, -0.25) is 4.79 Å². The summed E-state index contributed by atoms with van der Waals surface area (Å²) >= 11 is 0. The van der Waals surface area contributed by atoms with Gasteiger partial charge in [0.1, 0.15) is 12.6 Å². The quantitative estimate of drug-likeness (QED) is 0.595. The largest absolute Gasteiger partial charge is 0.480 e. The number of ether oxygens (including phenoxy) is 1. The zero-order valence-corrected chi connectivity index (χ0v) is 16.7. The number of carboxylic acid groups (broad SMARTS) is 1. The summed E-state index contributed by atoms with van der Waals surface area (Å²) in [5, 5.41) is 12.5. The van der Waals surface area contributed by atoms with Crippen LogP contribution in [0.5, 0.6) is 0 Å².